The van der Waals surface area contributed by atoms with Gasteiger partial charge in [0, 0.05) is 24.5 Å². The van der Waals surface area contributed by atoms with Crippen LogP contribution in [-0.2, 0) is 6.54 Å². The summed E-state index contributed by atoms with van der Waals surface area (Å²) in [5.41, 5.74) is 9.69. The maximum atomic E-state index is 12.8. The molecule has 0 aliphatic carbocycles. The zero-order valence-corrected chi connectivity index (χ0v) is 16.9. The van der Waals surface area contributed by atoms with Crippen LogP contribution >= 0.6 is 0 Å². The van der Waals surface area contributed by atoms with E-state index in [0.29, 0.717) is 12.2 Å². The third-order valence-electron chi connectivity index (χ3n) is 4.19. The molecule has 0 radical (unpaired) electrons. The Bertz CT molecular complexity index is 976. The number of hydrogen-bond donors (Lipinski definition) is 2. The Hall–Kier alpha value is -3.67. The van der Waals surface area contributed by atoms with E-state index in [2.05, 4.69) is 59.5 Å². The van der Waals surface area contributed by atoms with E-state index in [1.54, 1.807) is 18.5 Å². The predicted octanol–water partition coefficient (Wildman–Crippen LogP) is 1.01. The first kappa shape index (κ1) is 21.0. The molecule has 3 rings (SSSR count). The van der Waals surface area contributed by atoms with Crippen molar-refractivity contribution in [3.05, 3.63) is 41.5 Å². The molecular weight excluding hydrogens is 388 g/mol. The number of nitrogen functional groups attached to an aromatic ring is 1. The summed E-state index contributed by atoms with van der Waals surface area (Å²) in [6.45, 7) is 6.32. The Morgan fingerprint density at radius 3 is 2.77 bits per heavy atom. The minimum atomic E-state index is -0.501. The molecule has 12 heteroatoms. The molecule has 0 saturated carbocycles. The van der Waals surface area contributed by atoms with Crippen LogP contribution in [0, 0.1) is 0 Å². The van der Waals surface area contributed by atoms with E-state index < -0.39 is 5.91 Å². The van der Waals surface area contributed by atoms with Gasteiger partial charge in [0.1, 0.15) is 0 Å². The highest BCUT2D eigenvalue weighted by atomic mass is 16.6. The third kappa shape index (κ3) is 5.03. The maximum Gasteiger partial charge on any atom is 0.293 e. The van der Waals surface area contributed by atoms with Crippen LogP contribution in [0.4, 0.5) is 5.82 Å². The maximum absolute atomic E-state index is 12.8. The van der Waals surface area contributed by atoms with Crippen LogP contribution in [0.1, 0.15) is 48.4 Å². The Kier molecular flexibility index (Phi) is 7.16. The average Bonchev–Trinajstić information content (AvgIpc) is 3.35. The molecule has 0 fully saturated rings. The van der Waals surface area contributed by atoms with Gasteiger partial charge in [-0.15, -0.1) is 5.10 Å². The van der Waals surface area contributed by atoms with E-state index in [-0.39, 0.29) is 17.3 Å². The number of anilines is 1. The van der Waals surface area contributed by atoms with Gasteiger partial charge >= 0.3 is 0 Å². The Morgan fingerprint density at radius 1 is 1.33 bits per heavy atom. The van der Waals surface area contributed by atoms with Gasteiger partial charge < -0.3 is 5.73 Å². The van der Waals surface area contributed by atoms with Crippen molar-refractivity contribution in [2.45, 2.75) is 33.2 Å². The lowest BCUT2D eigenvalue weighted by Crippen LogP contribution is -2.28. The third-order valence-corrected chi connectivity index (χ3v) is 4.19. The molecule has 0 aliphatic rings. The number of carbonyl (C=O) groups excluding carboxylic acids is 1. The molecule has 0 bridgehead atoms. The topological polar surface area (TPSA) is 153 Å². The summed E-state index contributed by atoms with van der Waals surface area (Å²) >= 11 is 0. The van der Waals surface area contributed by atoms with Crippen LogP contribution in [0.2, 0.25) is 0 Å². The predicted molar refractivity (Wildman–Crippen MR) is 109 cm³/mol. The first-order valence-electron chi connectivity index (χ1n) is 9.62. The summed E-state index contributed by atoms with van der Waals surface area (Å²) in [6, 6.07) is 3.59. The summed E-state index contributed by atoms with van der Waals surface area (Å²) in [5, 5.41) is 19.4. The van der Waals surface area contributed by atoms with Gasteiger partial charge in [0.15, 0.2) is 5.69 Å². The Balaban J connectivity index is 1.87. The van der Waals surface area contributed by atoms with Crippen LogP contribution < -0.4 is 11.2 Å². The molecule has 3 N–H and O–H groups in total. The van der Waals surface area contributed by atoms with Crippen LogP contribution in [-0.4, -0.2) is 60.4 Å². The molecular formula is C18H24N10O2. The SMILES string of the molecule is CCCN(CCC)Cc1c(C(=O)NN=Cc2cccnc2)nnn1-c1nonc1N. The number of nitrogens with one attached hydrogen (secondary N) is 1. The molecule has 158 valence electrons. The van der Waals surface area contributed by atoms with Gasteiger partial charge in [0.05, 0.1) is 11.9 Å². The highest BCUT2D eigenvalue weighted by Gasteiger charge is 2.25. The summed E-state index contributed by atoms with van der Waals surface area (Å²) < 4.78 is 6.06. The second kappa shape index (κ2) is 10.2. The summed E-state index contributed by atoms with van der Waals surface area (Å²) in [6.07, 6.45) is 6.71. The highest BCUT2D eigenvalue weighted by molar-refractivity contribution is 5.94. The van der Waals surface area contributed by atoms with Crippen molar-refractivity contribution in [3.63, 3.8) is 0 Å². The van der Waals surface area contributed by atoms with E-state index in [9.17, 15) is 4.79 Å². The lowest BCUT2D eigenvalue weighted by atomic mass is 10.2. The molecule has 0 aromatic carbocycles. The Morgan fingerprint density at radius 2 is 2.13 bits per heavy atom. The second-order valence-corrected chi connectivity index (χ2v) is 6.53. The monoisotopic (exact) mass is 412 g/mol. The van der Waals surface area contributed by atoms with Gasteiger partial charge in [0.2, 0.25) is 11.6 Å². The molecule has 3 aromatic heterocycles. The molecule has 3 heterocycles. The van der Waals surface area contributed by atoms with Crippen molar-refractivity contribution in [2.75, 3.05) is 18.8 Å². The van der Waals surface area contributed by atoms with Crippen molar-refractivity contribution in [3.8, 4) is 5.82 Å². The van der Waals surface area contributed by atoms with E-state index in [0.717, 1.165) is 31.5 Å². The van der Waals surface area contributed by atoms with Gasteiger partial charge in [-0.3, -0.25) is 14.7 Å². The molecule has 0 atom stereocenters. The molecule has 1 amide bonds. The largest absolute Gasteiger partial charge is 0.378 e. The minimum absolute atomic E-state index is 0.0558. The van der Waals surface area contributed by atoms with E-state index >= 15 is 0 Å². The normalized spacial score (nSPS) is 11.4. The van der Waals surface area contributed by atoms with E-state index in [1.165, 1.54) is 10.9 Å². The second-order valence-electron chi connectivity index (χ2n) is 6.53. The number of hydrazone groups is 1. The molecule has 0 unspecified atom stereocenters. The van der Waals surface area contributed by atoms with Gasteiger partial charge in [-0.25, -0.2) is 10.1 Å². The van der Waals surface area contributed by atoms with Crippen molar-refractivity contribution in [1.82, 2.24) is 40.6 Å². The number of hydrogen-bond acceptors (Lipinski definition) is 10. The first-order valence-corrected chi connectivity index (χ1v) is 9.62. The average molecular weight is 412 g/mol. The van der Waals surface area contributed by atoms with Crippen LogP contribution in [0.5, 0.6) is 0 Å². The van der Waals surface area contributed by atoms with Gasteiger partial charge in [-0.1, -0.05) is 25.1 Å². The number of nitrogens with two attached hydrogens (primary N) is 1. The zero-order valence-electron chi connectivity index (χ0n) is 16.9. The molecule has 0 aliphatic heterocycles. The van der Waals surface area contributed by atoms with Crippen molar-refractivity contribution < 1.29 is 9.42 Å². The summed E-state index contributed by atoms with van der Waals surface area (Å²) in [5.74, 6) is -0.261. The highest BCUT2D eigenvalue weighted by Crippen LogP contribution is 2.18. The van der Waals surface area contributed by atoms with E-state index in [4.69, 9.17) is 5.73 Å². The fraction of sp³-hybridized carbons (Fsp3) is 0.389. The van der Waals surface area contributed by atoms with Gasteiger partial charge in [-0.2, -0.15) is 9.78 Å². The molecule has 30 heavy (non-hydrogen) atoms. The first-order chi connectivity index (χ1) is 14.6. The Labute approximate surface area is 173 Å². The van der Waals surface area contributed by atoms with Gasteiger partial charge in [0.25, 0.3) is 5.91 Å². The molecule has 0 saturated heterocycles. The molecule has 3 aromatic rings. The molecule has 12 nitrogen and oxygen atoms in total. The van der Waals surface area contributed by atoms with Crippen molar-refractivity contribution >= 4 is 17.9 Å². The standard InChI is InChI=1S/C18H24N10O2/c1-3-8-27(9-4-2)12-14-15(22-26-28(14)17-16(19)24-30-25-17)18(29)23-21-11-13-6-5-7-20-10-13/h5-7,10-11H,3-4,8-9,12H2,1-2H3,(H2,19,24)(H,23,29). The number of rotatable bonds is 10. The number of amides is 1. The number of carbonyl (C=O) groups is 1. The minimum Gasteiger partial charge on any atom is -0.378 e. The fourth-order valence-electron chi connectivity index (χ4n) is 2.91. The van der Waals surface area contributed by atoms with Gasteiger partial charge in [-0.05, 0) is 42.3 Å². The summed E-state index contributed by atoms with van der Waals surface area (Å²) in [7, 11) is 0. The number of pyridine rings is 1. The number of nitrogens with zero attached hydrogens (tertiary/aromatic N) is 8. The van der Waals surface area contributed by atoms with Crippen molar-refractivity contribution in [1.29, 1.82) is 0 Å². The zero-order chi connectivity index (χ0) is 21.3. The van der Waals surface area contributed by atoms with E-state index in [1.807, 2.05) is 6.07 Å². The quantitative estimate of drug-likeness (QED) is 0.367. The fourth-order valence-corrected chi connectivity index (χ4v) is 2.91. The smallest absolute Gasteiger partial charge is 0.293 e. The van der Waals surface area contributed by atoms with Crippen LogP contribution in [0.25, 0.3) is 5.82 Å². The van der Waals surface area contributed by atoms with Crippen molar-refractivity contribution in [2.24, 2.45) is 5.10 Å². The van der Waals surface area contributed by atoms with Crippen LogP contribution in [0.15, 0.2) is 34.3 Å². The summed E-state index contributed by atoms with van der Waals surface area (Å²) in [4.78, 5) is 19.0. The van der Waals surface area contributed by atoms with Crippen LogP contribution in [0.3, 0.4) is 0 Å². The lowest BCUT2D eigenvalue weighted by Gasteiger charge is -2.21. The number of aromatic nitrogens is 6. The lowest BCUT2D eigenvalue weighted by molar-refractivity contribution is 0.0947. The molecule has 0 spiro atoms.